The van der Waals surface area contributed by atoms with Crippen molar-refractivity contribution in [2.24, 2.45) is 5.73 Å². The highest BCUT2D eigenvalue weighted by Gasteiger charge is 2.24. The number of benzene rings is 1. The summed E-state index contributed by atoms with van der Waals surface area (Å²) < 4.78 is 0. The quantitative estimate of drug-likeness (QED) is 0.670. The van der Waals surface area contributed by atoms with E-state index in [1.165, 1.54) is 11.1 Å². The molecule has 0 bridgehead atoms. The lowest BCUT2D eigenvalue weighted by molar-refractivity contribution is 0.653. The standard InChI is InChI=1S/C11H16N2/c1-8-2-4-9(5-3-8)10-6-13-7-11(10)12/h2-5,10-11,13H,6-7,12H2,1H3/t10-,11-/m1/s1. The molecule has 2 rings (SSSR count). The van der Waals surface area contributed by atoms with Gasteiger partial charge in [-0.25, -0.2) is 0 Å². The summed E-state index contributed by atoms with van der Waals surface area (Å²) in [5.41, 5.74) is 8.66. The molecule has 1 saturated heterocycles. The molecule has 1 fully saturated rings. The zero-order valence-electron chi connectivity index (χ0n) is 7.96. The lowest BCUT2D eigenvalue weighted by Crippen LogP contribution is -2.27. The molecule has 0 unspecified atom stereocenters. The van der Waals surface area contributed by atoms with Gasteiger partial charge in [0.05, 0.1) is 0 Å². The Morgan fingerprint density at radius 2 is 1.92 bits per heavy atom. The van der Waals surface area contributed by atoms with Gasteiger partial charge in [-0.2, -0.15) is 0 Å². The van der Waals surface area contributed by atoms with Crippen molar-refractivity contribution >= 4 is 0 Å². The number of aryl methyl sites for hydroxylation is 1. The molecule has 1 aromatic carbocycles. The maximum absolute atomic E-state index is 5.99. The second kappa shape index (κ2) is 3.48. The van der Waals surface area contributed by atoms with Crippen LogP contribution >= 0.6 is 0 Å². The Kier molecular flexibility index (Phi) is 2.34. The average molecular weight is 176 g/mol. The summed E-state index contributed by atoms with van der Waals surface area (Å²) in [6.07, 6.45) is 0. The highest BCUT2D eigenvalue weighted by Crippen LogP contribution is 2.21. The second-order valence-electron chi connectivity index (χ2n) is 3.84. The van der Waals surface area contributed by atoms with Crippen LogP contribution in [0.25, 0.3) is 0 Å². The Balaban J connectivity index is 2.20. The van der Waals surface area contributed by atoms with Crippen molar-refractivity contribution in [3.05, 3.63) is 35.4 Å². The molecule has 70 valence electrons. The van der Waals surface area contributed by atoms with E-state index in [0.717, 1.165) is 13.1 Å². The van der Waals surface area contributed by atoms with Crippen LogP contribution in [0.15, 0.2) is 24.3 Å². The van der Waals surface area contributed by atoms with E-state index in [2.05, 4.69) is 36.5 Å². The molecule has 0 aromatic heterocycles. The minimum atomic E-state index is 0.280. The van der Waals surface area contributed by atoms with E-state index in [9.17, 15) is 0 Å². The fraction of sp³-hybridized carbons (Fsp3) is 0.455. The molecule has 0 amide bonds. The monoisotopic (exact) mass is 176 g/mol. The molecule has 13 heavy (non-hydrogen) atoms. The number of hydrogen-bond donors (Lipinski definition) is 2. The van der Waals surface area contributed by atoms with Gasteiger partial charge in [0, 0.05) is 25.0 Å². The summed E-state index contributed by atoms with van der Waals surface area (Å²) in [6.45, 7) is 4.07. The van der Waals surface area contributed by atoms with E-state index in [1.54, 1.807) is 0 Å². The molecule has 1 aliphatic heterocycles. The highest BCUT2D eigenvalue weighted by atomic mass is 15.0. The molecular formula is C11H16N2. The Morgan fingerprint density at radius 1 is 1.23 bits per heavy atom. The van der Waals surface area contributed by atoms with Crippen LogP contribution in [0, 0.1) is 6.92 Å². The number of rotatable bonds is 1. The van der Waals surface area contributed by atoms with Gasteiger partial charge in [-0.15, -0.1) is 0 Å². The average Bonchev–Trinajstić information content (AvgIpc) is 2.53. The van der Waals surface area contributed by atoms with Crippen LogP contribution in [0.1, 0.15) is 17.0 Å². The van der Waals surface area contributed by atoms with Gasteiger partial charge < -0.3 is 11.1 Å². The smallest absolute Gasteiger partial charge is 0.0247 e. The normalized spacial score (nSPS) is 27.8. The molecule has 0 saturated carbocycles. The molecule has 1 aliphatic rings. The van der Waals surface area contributed by atoms with Gasteiger partial charge in [0.25, 0.3) is 0 Å². The third kappa shape index (κ3) is 1.74. The van der Waals surface area contributed by atoms with E-state index in [1.807, 2.05) is 0 Å². The summed E-state index contributed by atoms with van der Waals surface area (Å²) >= 11 is 0. The predicted octanol–water partition coefficient (Wildman–Crippen LogP) is 1.01. The maximum Gasteiger partial charge on any atom is 0.0247 e. The molecule has 0 spiro atoms. The lowest BCUT2D eigenvalue weighted by atomic mass is 9.94. The van der Waals surface area contributed by atoms with E-state index >= 15 is 0 Å². The Labute approximate surface area is 79.1 Å². The fourth-order valence-electron chi connectivity index (χ4n) is 1.88. The first-order chi connectivity index (χ1) is 6.27. The summed E-state index contributed by atoms with van der Waals surface area (Å²) in [5, 5.41) is 3.31. The fourth-order valence-corrected chi connectivity index (χ4v) is 1.88. The summed E-state index contributed by atoms with van der Waals surface area (Å²) in [4.78, 5) is 0. The first kappa shape index (κ1) is 8.73. The van der Waals surface area contributed by atoms with Gasteiger partial charge in [-0.05, 0) is 12.5 Å². The van der Waals surface area contributed by atoms with Crippen LogP contribution < -0.4 is 11.1 Å². The molecule has 1 heterocycles. The highest BCUT2D eigenvalue weighted by molar-refractivity contribution is 5.27. The predicted molar refractivity (Wildman–Crippen MR) is 54.8 cm³/mol. The largest absolute Gasteiger partial charge is 0.326 e. The van der Waals surface area contributed by atoms with Crippen LogP contribution in [0.3, 0.4) is 0 Å². The molecular weight excluding hydrogens is 160 g/mol. The zero-order chi connectivity index (χ0) is 9.26. The third-order valence-electron chi connectivity index (χ3n) is 2.77. The van der Waals surface area contributed by atoms with Gasteiger partial charge in [-0.1, -0.05) is 29.8 Å². The van der Waals surface area contributed by atoms with E-state index in [4.69, 9.17) is 5.73 Å². The molecule has 0 aliphatic carbocycles. The van der Waals surface area contributed by atoms with Gasteiger partial charge in [0.2, 0.25) is 0 Å². The second-order valence-corrected chi connectivity index (χ2v) is 3.84. The van der Waals surface area contributed by atoms with Crippen LogP contribution in [-0.2, 0) is 0 Å². The molecule has 2 atom stereocenters. The van der Waals surface area contributed by atoms with Crippen LogP contribution in [0.4, 0.5) is 0 Å². The van der Waals surface area contributed by atoms with Crippen molar-refractivity contribution in [2.45, 2.75) is 18.9 Å². The SMILES string of the molecule is Cc1ccc([C@H]2CNC[C@H]2N)cc1. The number of nitrogens with two attached hydrogens (primary N) is 1. The minimum absolute atomic E-state index is 0.280. The summed E-state index contributed by atoms with van der Waals surface area (Å²) in [6, 6.07) is 8.96. The molecule has 2 heteroatoms. The molecule has 3 N–H and O–H groups in total. The Morgan fingerprint density at radius 3 is 2.46 bits per heavy atom. The van der Waals surface area contributed by atoms with Crippen LogP contribution in [0.2, 0.25) is 0 Å². The van der Waals surface area contributed by atoms with Crippen molar-refractivity contribution in [1.29, 1.82) is 0 Å². The van der Waals surface area contributed by atoms with Crippen molar-refractivity contribution in [2.75, 3.05) is 13.1 Å². The summed E-state index contributed by atoms with van der Waals surface area (Å²) in [7, 11) is 0. The number of hydrogen-bond acceptors (Lipinski definition) is 2. The molecule has 1 aromatic rings. The Bertz CT molecular complexity index is 279. The molecule has 2 nitrogen and oxygen atoms in total. The maximum atomic E-state index is 5.99. The van der Waals surface area contributed by atoms with Crippen molar-refractivity contribution < 1.29 is 0 Å². The first-order valence-corrected chi connectivity index (χ1v) is 4.80. The third-order valence-corrected chi connectivity index (χ3v) is 2.77. The van der Waals surface area contributed by atoms with E-state index < -0.39 is 0 Å². The zero-order valence-corrected chi connectivity index (χ0v) is 7.96. The minimum Gasteiger partial charge on any atom is -0.326 e. The molecule has 0 radical (unpaired) electrons. The van der Waals surface area contributed by atoms with Gasteiger partial charge in [-0.3, -0.25) is 0 Å². The summed E-state index contributed by atoms with van der Waals surface area (Å²) in [5.74, 6) is 0.501. The first-order valence-electron chi connectivity index (χ1n) is 4.80. The van der Waals surface area contributed by atoms with Crippen molar-refractivity contribution in [1.82, 2.24) is 5.32 Å². The topological polar surface area (TPSA) is 38.0 Å². The van der Waals surface area contributed by atoms with E-state index in [0.29, 0.717) is 5.92 Å². The number of nitrogens with one attached hydrogen (secondary N) is 1. The van der Waals surface area contributed by atoms with E-state index in [-0.39, 0.29) is 6.04 Å². The van der Waals surface area contributed by atoms with Crippen LogP contribution in [0.5, 0.6) is 0 Å². The van der Waals surface area contributed by atoms with Gasteiger partial charge in [0.1, 0.15) is 0 Å². The lowest BCUT2D eigenvalue weighted by Gasteiger charge is -2.14. The van der Waals surface area contributed by atoms with Crippen molar-refractivity contribution in [3.63, 3.8) is 0 Å². The van der Waals surface area contributed by atoms with Gasteiger partial charge >= 0.3 is 0 Å². The van der Waals surface area contributed by atoms with Crippen LogP contribution in [-0.4, -0.2) is 19.1 Å². The Hall–Kier alpha value is -0.860. The van der Waals surface area contributed by atoms with Crippen molar-refractivity contribution in [3.8, 4) is 0 Å². The van der Waals surface area contributed by atoms with Gasteiger partial charge in [0.15, 0.2) is 0 Å².